The minimum absolute atomic E-state index is 0. The summed E-state index contributed by atoms with van der Waals surface area (Å²) >= 11 is 1.10. The molecule has 0 saturated carbocycles. The number of thiazole rings is 1. The predicted octanol–water partition coefficient (Wildman–Crippen LogP) is 1.51. The van der Waals surface area contributed by atoms with Gasteiger partial charge in [0.25, 0.3) is 5.56 Å². The highest BCUT2D eigenvalue weighted by atomic mass is 32.2. The number of nitrogens with one attached hydrogen (secondary N) is 2. The summed E-state index contributed by atoms with van der Waals surface area (Å²) in [5, 5.41) is 4.37. The van der Waals surface area contributed by atoms with Crippen molar-refractivity contribution in [2.75, 3.05) is 11.3 Å². The van der Waals surface area contributed by atoms with E-state index in [4.69, 9.17) is 11.5 Å². The van der Waals surface area contributed by atoms with Gasteiger partial charge in [-0.1, -0.05) is 68.1 Å². The summed E-state index contributed by atoms with van der Waals surface area (Å²) in [7, 11) is -4.09. The standard InChI is InChI=1S/C29H32N8O6S2.CH4/c30-28(31)33-13-7-12-22(25(39)26-32-14-15-44-26)34-24(38)18-37-27(40)23(35-45(42,43)19-21-10-5-2-6-11-21)17-36(29(37)41)16-20-8-3-1-4-9-20;/h1-6,8-11,14-15,17,22,35H,7,12-13,16,18-19H2,(H,34,38)(H4,30,31,33);1H4/t22-;/m0./s1. The Morgan fingerprint density at radius 2 is 1.65 bits per heavy atom. The van der Waals surface area contributed by atoms with Gasteiger partial charge in [0.15, 0.2) is 11.0 Å². The molecule has 244 valence electrons. The first-order chi connectivity index (χ1) is 21.5. The van der Waals surface area contributed by atoms with Crippen LogP contribution >= 0.6 is 11.3 Å². The number of rotatable bonds is 15. The molecule has 6 N–H and O–H groups in total. The number of hydrogen-bond donors (Lipinski definition) is 4. The van der Waals surface area contributed by atoms with Crippen LogP contribution in [-0.2, 0) is 33.7 Å². The van der Waals surface area contributed by atoms with E-state index in [1.807, 2.05) is 0 Å². The molecule has 46 heavy (non-hydrogen) atoms. The number of nitrogens with zero attached hydrogens (tertiary/aromatic N) is 4. The zero-order chi connectivity index (χ0) is 32.4. The fourth-order valence-electron chi connectivity index (χ4n) is 4.40. The minimum atomic E-state index is -4.09. The molecule has 0 fully saturated rings. The number of hydrogen-bond acceptors (Lipinski definition) is 9. The highest BCUT2D eigenvalue weighted by Crippen LogP contribution is 2.12. The summed E-state index contributed by atoms with van der Waals surface area (Å²) in [5.41, 5.74) is 9.63. The Kier molecular flexibility index (Phi) is 12.5. The number of ketones is 1. The predicted molar refractivity (Wildman–Crippen MR) is 178 cm³/mol. The minimum Gasteiger partial charge on any atom is -0.370 e. The van der Waals surface area contributed by atoms with Crippen LogP contribution in [0.2, 0.25) is 0 Å². The second-order valence-electron chi connectivity index (χ2n) is 9.95. The van der Waals surface area contributed by atoms with E-state index in [1.165, 1.54) is 6.20 Å². The van der Waals surface area contributed by atoms with Crippen LogP contribution in [0.3, 0.4) is 0 Å². The van der Waals surface area contributed by atoms with Crippen molar-refractivity contribution in [1.82, 2.24) is 19.4 Å². The van der Waals surface area contributed by atoms with E-state index >= 15 is 0 Å². The summed E-state index contributed by atoms with van der Waals surface area (Å²) in [4.78, 5) is 61.2. The number of anilines is 1. The van der Waals surface area contributed by atoms with E-state index in [0.29, 0.717) is 22.1 Å². The third-order valence-electron chi connectivity index (χ3n) is 6.44. The van der Waals surface area contributed by atoms with Crippen LogP contribution in [0.15, 0.2) is 93.0 Å². The molecule has 0 aliphatic heterocycles. The van der Waals surface area contributed by atoms with Gasteiger partial charge in [0, 0.05) is 24.3 Å². The molecule has 0 saturated heterocycles. The Morgan fingerprint density at radius 1 is 1.00 bits per heavy atom. The summed E-state index contributed by atoms with van der Waals surface area (Å²) in [5.74, 6) is -1.82. The van der Waals surface area contributed by atoms with Crippen LogP contribution in [0, 0.1) is 0 Å². The van der Waals surface area contributed by atoms with Crippen molar-refractivity contribution < 1.29 is 18.0 Å². The lowest BCUT2D eigenvalue weighted by Gasteiger charge is -2.18. The van der Waals surface area contributed by atoms with Gasteiger partial charge in [-0.3, -0.25) is 28.7 Å². The van der Waals surface area contributed by atoms with Gasteiger partial charge in [-0.25, -0.2) is 22.8 Å². The zero-order valence-corrected chi connectivity index (χ0v) is 25.7. The van der Waals surface area contributed by atoms with Crippen LogP contribution < -0.4 is 32.8 Å². The number of nitrogens with two attached hydrogens (primary N) is 2. The molecule has 2 aromatic heterocycles. The number of carbonyl (C=O) groups excluding carboxylic acids is 2. The summed E-state index contributed by atoms with van der Waals surface area (Å²) < 4.78 is 30.1. The van der Waals surface area contributed by atoms with E-state index in [-0.39, 0.29) is 37.9 Å². The first-order valence-electron chi connectivity index (χ1n) is 13.7. The molecule has 0 aliphatic rings. The van der Waals surface area contributed by atoms with E-state index in [1.54, 1.807) is 66.0 Å². The Bertz CT molecular complexity index is 1870. The molecule has 0 bridgehead atoms. The first kappa shape index (κ1) is 35.4. The number of guanidine groups is 1. The van der Waals surface area contributed by atoms with Crippen molar-refractivity contribution >= 4 is 44.7 Å². The van der Waals surface area contributed by atoms with Crippen molar-refractivity contribution in [3.05, 3.63) is 115 Å². The number of aliphatic imine (C=N–C) groups is 1. The average molecular weight is 669 g/mol. The number of Topliss-reactive ketones (excluding diaryl/α,β-unsaturated/α-hetero) is 1. The number of amides is 1. The van der Waals surface area contributed by atoms with Gasteiger partial charge in [-0.05, 0) is 24.0 Å². The smallest absolute Gasteiger partial charge is 0.331 e. The van der Waals surface area contributed by atoms with Gasteiger partial charge in [0.2, 0.25) is 21.7 Å². The van der Waals surface area contributed by atoms with E-state index < -0.39 is 57.0 Å². The highest BCUT2D eigenvalue weighted by Gasteiger charge is 2.25. The normalized spacial score (nSPS) is 11.6. The quantitative estimate of drug-likeness (QED) is 0.0624. The monoisotopic (exact) mass is 668 g/mol. The molecule has 14 nitrogen and oxygen atoms in total. The fourth-order valence-corrected chi connectivity index (χ4v) is 6.21. The Labute approximate surface area is 269 Å². The second-order valence-corrected chi connectivity index (χ2v) is 12.6. The topological polar surface area (TPSA) is 214 Å². The maximum absolute atomic E-state index is 13.5. The van der Waals surface area contributed by atoms with Crippen molar-refractivity contribution in [2.45, 2.75) is 45.2 Å². The summed E-state index contributed by atoms with van der Waals surface area (Å²) in [6.45, 7) is -0.587. The van der Waals surface area contributed by atoms with Gasteiger partial charge in [0.1, 0.15) is 12.2 Å². The lowest BCUT2D eigenvalue weighted by atomic mass is 10.1. The van der Waals surface area contributed by atoms with E-state index in [9.17, 15) is 27.6 Å². The molecular weight excluding hydrogens is 633 g/mol. The van der Waals surface area contributed by atoms with Crippen LogP contribution in [0.25, 0.3) is 0 Å². The zero-order valence-electron chi connectivity index (χ0n) is 24.0. The van der Waals surface area contributed by atoms with E-state index in [0.717, 1.165) is 22.1 Å². The number of aromatic nitrogens is 3. The fraction of sp³-hybridized carbons (Fsp3) is 0.267. The molecule has 2 aromatic carbocycles. The molecule has 0 spiro atoms. The van der Waals surface area contributed by atoms with Crippen LogP contribution in [-0.4, -0.2) is 52.8 Å². The molecule has 1 atom stereocenters. The molecule has 0 radical (unpaired) electrons. The molecule has 4 rings (SSSR count). The summed E-state index contributed by atoms with van der Waals surface area (Å²) in [6, 6.07) is 16.1. The van der Waals surface area contributed by atoms with Crippen molar-refractivity contribution in [2.24, 2.45) is 16.5 Å². The van der Waals surface area contributed by atoms with E-state index in [2.05, 4.69) is 20.0 Å². The Hall–Kier alpha value is -5.09. The maximum Gasteiger partial charge on any atom is 0.331 e. The first-order valence-corrected chi connectivity index (χ1v) is 16.3. The molecule has 2 heterocycles. The Balaban J connectivity index is 0.00000576. The van der Waals surface area contributed by atoms with Gasteiger partial charge < -0.3 is 16.8 Å². The molecule has 4 aromatic rings. The van der Waals surface area contributed by atoms with Gasteiger partial charge in [0.05, 0.1) is 18.3 Å². The maximum atomic E-state index is 13.5. The molecule has 16 heteroatoms. The van der Waals surface area contributed by atoms with Crippen LogP contribution in [0.1, 0.15) is 41.2 Å². The molecule has 1 amide bonds. The number of sulfonamides is 1. The van der Waals surface area contributed by atoms with Gasteiger partial charge >= 0.3 is 5.69 Å². The number of benzene rings is 2. The largest absolute Gasteiger partial charge is 0.370 e. The van der Waals surface area contributed by atoms with Gasteiger partial charge in [-0.15, -0.1) is 11.3 Å². The molecular formula is C30H36N8O6S2. The third kappa shape index (κ3) is 9.97. The SMILES string of the molecule is C.NC(N)=NCCC[C@H](NC(=O)Cn1c(=O)c(NS(=O)(=O)Cc2ccccc2)cn(Cc2ccccc2)c1=O)C(=O)c1nccs1. The van der Waals surface area contributed by atoms with Crippen LogP contribution in [0.5, 0.6) is 0 Å². The summed E-state index contributed by atoms with van der Waals surface area (Å²) in [6.07, 6.45) is 3.05. The lowest BCUT2D eigenvalue weighted by molar-refractivity contribution is -0.122. The molecule has 0 aliphatic carbocycles. The Morgan fingerprint density at radius 3 is 2.26 bits per heavy atom. The average Bonchev–Trinajstić information content (AvgIpc) is 3.55. The molecule has 0 unspecified atom stereocenters. The van der Waals surface area contributed by atoms with Crippen molar-refractivity contribution in [3.8, 4) is 0 Å². The third-order valence-corrected chi connectivity index (χ3v) is 8.47. The van der Waals surface area contributed by atoms with Crippen molar-refractivity contribution in [1.29, 1.82) is 0 Å². The van der Waals surface area contributed by atoms with Crippen LogP contribution in [0.4, 0.5) is 5.69 Å². The van der Waals surface area contributed by atoms with Gasteiger partial charge in [-0.2, -0.15) is 0 Å². The number of carbonyl (C=O) groups is 2. The lowest BCUT2D eigenvalue weighted by Crippen LogP contribution is -2.48. The second kappa shape index (κ2) is 16.3. The van der Waals surface area contributed by atoms with Crippen molar-refractivity contribution in [3.63, 3.8) is 0 Å². The highest BCUT2D eigenvalue weighted by molar-refractivity contribution is 7.91.